The average Bonchev–Trinajstić information content (AvgIpc) is 2.27. The molecule has 98 valence electrons. The maximum Gasteiger partial charge on any atom is 0.335 e. The Bertz CT molecular complexity index is 175. The minimum Gasteiger partial charge on any atom is -0.411 e. The van der Waals surface area contributed by atoms with Crippen LogP contribution in [-0.4, -0.2) is 67.7 Å². The minimum atomic E-state index is -2.96. The van der Waals surface area contributed by atoms with Crippen LogP contribution in [0.25, 0.3) is 0 Å². The van der Waals surface area contributed by atoms with E-state index in [1.54, 1.807) is 0 Å². The molecule has 2 N–H and O–H groups in total. The van der Waals surface area contributed by atoms with Crippen LogP contribution in [0, 0.1) is 0 Å². The molecule has 4 nitrogen and oxygen atoms in total. The number of hydrogen-bond acceptors (Lipinski definition) is 4. The highest BCUT2D eigenvalue weighted by molar-refractivity contribution is 6.64. The van der Waals surface area contributed by atoms with Crippen molar-refractivity contribution in [2.45, 2.75) is 32.9 Å². The monoisotopic (exact) mass is 248 g/mol. The van der Waals surface area contributed by atoms with Gasteiger partial charge in [-0.25, -0.2) is 0 Å². The highest BCUT2D eigenvalue weighted by Gasteiger charge is 2.29. The zero-order chi connectivity index (χ0) is 12.6. The van der Waals surface area contributed by atoms with Crippen LogP contribution in [0.4, 0.5) is 0 Å². The van der Waals surface area contributed by atoms with E-state index < -0.39 is 8.56 Å². The Morgan fingerprint density at radius 3 is 1.81 bits per heavy atom. The molecule has 0 saturated carbocycles. The lowest BCUT2D eigenvalue weighted by Gasteiger charge is -2.25. The second-order valence-electron chi connectivity index (χ2n) is 4.41. The average molecular weight is 248 g/mol. The summed E-state index contributed by atoms with van der Waals surface area (Å²) in [6.07, 6.45) is 0. The van der Waals surface area contributed by atoms with E-state index in [0.717, 1.165) is 32.7 Å². The molecule has 0 aromatic rings. The zero-order valence-electron chi connectivity index (χ0n) is 11.2. The van der Waals surface area contributed by atoms with Gasteiger partial charge in [-0.3, -0.25) is 0 Å². The number of hydrogen-bond donors (Lipinski definition) is 2. The first-order valence-electron chi connectivity index (χ1n) is 6.30. The SMILES string of the molecule is CCN(C)CC[Si](O)(O)CCN(CC)CC. The predicted molar refractivity (Wildman–Crippen MR) is 70.8 cm³/mol. The van der Waals surface area contributed by atoms with E-state index in [0.29, 0.717) is 12.1 Å². The van der Waals surface area contributed by atoms with Crippen LogP contribution in [0.1, 0.15) is 20.8 Å². The van der Waals surface area contributed by atoms with Crippen LogP contribution in [0.3, 0.4) is 0 Å². The van der Waals surface area contributed by atoms with Crippen LogP contribution < -0.4 is 0 Å². The van der Waals surface area contributed by atoms with Crippen molar-refractivity contribution in [3.63, 3.8) is 0 Å². The van der Waals surface area contributed by atoms with E-state index in [2.05, 4.69) is 30.6 Å². The molecule has 0 heterocycles. The lowest BCUT2D eigenvalue weighted by Crippen LogP contribution is -2.41. The second-order valence-corrected chi connectivity index (χ2v) is 7.37. The summed E-state index contributed by atoms with van der Waals surface area (Å²) in [5.74, 6) is 0. The van der Waals surface area contributed by atoms with Crippen molar-refractivity contribution in [3.05, 3.63) is 0 Å². The van der Waals surface area contributed by atoms with Gasteiger partial charge < -0.3 is 19.4 Å². The largest absolute Gasteiger partial charge is 0.411 e. The van der Waals surface area contributed by atoms with Gasteiger partial charge in [0.2, 0.25) is 0 Å². The normalized spacial score (nSPS) is 12.8. The summed E-state index contributed by atoms with van der Waals surface area (Å²) >= 11 is 0. The molecule has 5 heteroatoms. The molecule has 0 atom stereocenters. The Balaban J connectivity index is 3.85. The molecule has 0 aliphatic rings. The van der Waals surface area contributed by atoms with Crippen molar-refractivity contribution in [2.75, 3.05) is 39.8 Å². The summed E-state index contributed by atoms with van der Waals surface area (Å²) in [4.78, 5) is 24.2. The zero-order valence-corrected chi connectivity index (χ0v) is 12.2. The molecule has 0 aromatic heterocycles. The fraction of sp³-hybridized carbons (Fsp3) is 1.00. The summed E-state index contributed by atoms with van der Waals surface area (Å²) in [6.45, 7) is 10.8. The van der Waals surface area contributed by atoms with Gasteiger partial charge in [-0.05, 0) is 33.2 Å². The maximum absolute atomic E-state index is 9.94. The molecule has 16 heavy (non-hydrogen) atoms. The predicted octanol–water partition coefficient (Wildman–Crippen LogP) is 0.707. The minimum absolute atomic E-state index is 0.554. The Labute approximate surface area is 101 Å². The fourth-order valence-corrected chi connectivity index (χ4v) is 3.19. The van der Waals surface area contributed by atoms with Crippen LogP contribution in [0.15, 0.2) is 0 Å². The quantitative estimate of drug-likeness (QED) is 0.590. The smallest absolute Gasteiger partial charge is 0.335 e. The topological polar surface area (TPSA) is 46.9 Å². The molecule has 0 bridgehead atoms. The molecule has 0 unspecified atom stereocenters. The first-order chi connectivity index (χ1) is 7.45. The molecule has 0 rings (SSSR count). The molecule has 0 aliphatic carbocycles. The standard InChI is InChI=1S/C11H28N2O2Si/c1-5-12(4)8-10-16(14,15)11-9-13(6-2)7-3/h14-15H,5-11H2,1-4H3. The third kappa shape index (κ3) is 7.35. The second kappa shape index (κ2) is 8.19. The van der Waals surface area contributed by atoms with Crippen molar-refractivity contribution < 1.29 is 9.59 Å². The Hall–Kier alpha value is 0.0569. The molecule has 0 fully saturated rings. The van der Waals surface area contributed by atoms with E-state index >= 15 is 0 Å². The third-order valence-electron chi connectivity index (χ3n) is 3.16. The first kappa shape index (κ1) is 16.1. The summed E-state index contributed by atoms with van der Waals surface area (Å²) in [7, 11) is -0.952. The molecular formula is C11H28N2O2Si. The van der Waals surface area contributed by atoms with Gasteiger partial charge in [0.05, 0.1) is 0 Å². The van der Waals surface area contributed by atoms with E-state index in [9.17, 15) is 9.59 Å². The van der Waals surface area contributed by atoms with Gasteiger partial charge in [0.25, 0.3) is 0 Å². The van der Waals surface area contributed by atoms with Crippen LogP contribution in [0.2, 0.25) is 12.1 Å². The lowest BCUT2D eigenvalue weighted by atomic mass is 10.5. The van der Waals surface area contributed by atoms with Gasteiger partial charge in [-0.2, -0.15) is 0 Å². The first-order valence-corrected chi connectivity index (χ1v) is 8.61. The molecule has 0 aromatic carbocycles. The molecular weight excluding hydrogens is 220 g/mol. The molecule has 0 spiro atoms. The fourth-order valence-electron chi connectivity index (χ4n) is 1.53. The van der Waals surface area contributed by atoms with E-state index in [-0.39, 0.29) is 0 Å². The van der Waals surface area contributed by atoms with Gasteiger partial charge in [0, 0.05) is 18.6 Å². The molecule has 0 aliphatic heterocycles. The summed E-state index contributed by atoms with van der Waals surface area (Å²) in [5, 5.41) is 0. The highest BCUT2D eigenvalue weighted by atomic mass is 28.4. The van der Waals surface area contributed by atoms with Gasteiger partial charge in [0.1, 0.15) is 0 Å². The Morgan fingerprint density at radius 2 is 1.38 bits per heavy atom. The van der Waals surface area contributed by atoms with Gasteiger partial charge in [0.15, 0.2) is 0 Å². The van der Waals surface area contributed by atoms with Crippen molar-refractivity contribution in [1.82, 2.24) is 9.80 Å². The van der Waals surface area contributed by atoms with Crippen molar-refractivity contribution >= 4 is 8.56 Å². The maximum atomic E-state index is 9.94. The molecule has 0 amide bonds. The van der Waals surface area contributed by atoms with Crippen molar-refractivity contribution in [3.8, 4) is 0 Å². The lowest BCUT2D eigenvalue weighted by molar-refractivity contribution is 0.285. The Morgan fingerprint density at radius 1 is 0.875 bits per heavy atom. The summed E-state index contributed by atoms with van der Waals surface area (Å²) < 4.78 is 0. The third-order valence-corrected chi connectivity index (χ3v) is 5.21. The van der Waals surface area contributed by atoms with E-state index in [1.807, 2.05) is 7.05 Å². The van der Waals surface area contributed by atoms with Crippen LogP contribution in [-0.2, 0) is 0 Å². The van der Waals surface area contributed by atoms with Crippen LogP contribution >= 0.6 is 0 Å². The summed E-state index contributed by atoms with van der Waals surface area (Å²) in [5.41, 5.74) is 0. The Kier molecular flexibility index (Phi) is 8.22. The van der Waals surface area contributed by atoms with Crippen molar-refractivity contribution in [1.29, 1.82) is 0 Å². The molecule has 0 saturated heterocycles. The number of rotatable bonds is 9. The highest BCUT2D eigenvalue weighted by Crippen LogP contribution is 2.10. The van der Waals surface area contributed by atoms with Crippen molar-refractivity contribution in [2.24, 2.45) is 0 Å². The van der Waals surface area contributed by atoms with Gasteiger partial charge >= 0.3 is 8.56 Å². The van der Waals surface area contributed by atoms with E-state index in [1.165, 1.54) is 0 Å². The number of nitrogens with zero attached hydrogens (tertiary/aromatic N) is 2. The van der Waals surface area contributed by atoms with Gasteiger partial charge in [-0.15, -0.1) is 0 Å². The van der Waals surface area contributed by atoms with E-state index in [4.69, 9.17) is 0 Å². The summed E-state index contributed by atoms with van der Waals surface area (Å²) in [6, 6.07) is 1.12. The van der Waals surface area contributed by atoms with Crippen LogP contribution in [0.5, 0.6) is 0 Å². The van der Waals surface area contributed by atoms with Gasteiger partial charge in [-0.1, -0.05) is 20.8 Å². The molecule has 0 radical (unpaired) electrons.